The molecule has 2 aromatic carbocycles. The summed E-state index contributed by atoms with van der Waals surface area (Å²) < 4.78 is 5.82. The molecule has 160 valence electrons. The number of halogens is 1. The van der Waals surface area contributed by atoms with Crippen molar-refractivity contribution >= 4 is 28.9 Å². The average Bonchev–Trinajstić information content (AvgIpc) is 3.44. The molecule has 0 radical (unpaired) electrons. The second-order valence-electron chi connectivity index (χ2n) is 8.65. The van der Waals surface area contributed by atoms with Gasteiger partial charge in [0.15, 0.2) is 5.76 Å². The Morgan fingerprint density at radius 3 is 2.68 bits per heavy atom. The molecule has 0 saturated carbocycles. The summed E-state index contributed by atoms with van der Waals surface area (Å²) in [5, 5.41) is 3.62. The quantitative estimate of drug-likeness (QED) is 0.604. The van der Waals surface area contributed by atoms with Gasteiger partial charge in [0.25, 0.3) is 5.91 Å². The van der Waals surface area contributed by atoms with Crippen LogP contribution < -0.4 is 10.2 Å². The summed E-state index contributed by atoms with van der Waals surface area (Å²) in [6, 6.07) is 17.9. The molecule has 0 spiro atoms. The molecule has 1 N–H and O–H groups in total. The number of aryl methyl sites for hydroxylation is 1. The maximum absolute atomic E-state index is 12.7. The van der Waals surface area contributed by atoms with Crippen molar-refractivity contribution in [2.45, 2.75) is 19.4 Å². The zero-order valence-electron chi connectivity index (χ0n) is 17.8. The average molecular weight is 436 g/mol. The summed E-state index contributed by atoms with van der Waals surface area (Å²) in [4.78, 5) is 17.6. The number of nitrogens with one attached hydrogen (secondary N) is 1. The molecule has 1 aromatic heterocycles. The number of nitrogens with zero attached hydrogens (tertiary/aromatic N) is 2. The third-order valence-electron chi connectivity index (χ3n) is 6.47. The Labute approximate surface area is 187 Å². The van der Waals surface area contributed by atoms with Gasteiger partial charge in [0.2, 0.25) is 0 Å². The van der Waals surface area contributed by atoms with Crippen molar-refractivity contribution in [3.63, 3.8) is 0 Å². The highest BCUT2D eigenvalue weighted by molar-refractivity contribution is 6.30. The third-order valence-corrected chi connectivity index (χ3v) is 6.71. The van der Waals surface area contributed by atoms with Crippen molar-refractivity contribution in [2.24, 2.45) is 5.92 Å². The Hall–Kier alpha value is -2.76. The minimum absolute atomic E-state index is 0.260. The molecule has 2 fully saturated rings. The maximum atomic E-state index is 12.7. The highest BCUT2D eigenvalue weighted by atomic mass is 35.5. The molecule has 2 saturated heterocycles. The van der Waals surface area contributed by atoms with Gasteiger partial charge >= 0.3 is 0 Å². The number of furan rings is 1. The van der Waals surface area contributed by atoms with Crippen LogP contribution in [0.5, 0.6) is 0 Å². The van der Waals surface area contributed by atoms with Crippen molar-refractivity contribution in [1.82, 2.24) is 4.90 Å². The molecule has 31 heavy (non-hydrogen) atoms. The van der Waals surface area contributed by atoms with Crippen molar-refractivity contribution in [3.8, 4) is 11.3 Å². The van der Waals surface area contributed by atoms with Gasteiger partial charge in [-0.1, -0.05) is 11.6 Å². The van der Waals surface area contributed by atoms with Crippen LogP contribution in [0.15, 0.2) is 59.0 Å². The van der Waals surface area contributed by atoms with Crippen molar-refractivity contribution in [3.05, 3.63) is 70.9 Å². The van der Waals surface area contributed by atoms with Gasteiger partial charge in [0, 0.05) is 47.6 Å². The first kappa shape index (κ1) is 20.2. The van der Waals surface area contributed by atoms with E-state index < -0.39 is 0 Å². The lowest BCUT2D eigenvalue weighted by Crippen LogP contribution is -2.34. The number of likely N-dealkylation sites (N-methyl/N-ethyl adjacent to an activating group) is 1. The molecule has 3 aromatic rings. The van der Waals surface area contributed by atoms with E-state index in [2.05, 4.69) is 34.3 Å². The van der Waals surface area contributed by atoms with Crippen LogP contribution in [0.2, 0.25) is 5.02 Å². The summed E-state index contributed by atoms with van der Waals surface area (Å²) >= 11 is 6.04. The Morgan fingerprint density at radius 2 is 1.90 bits per heavy atom. The largest absolute Gasteiger partial charge is 0.451 e. The number of fused-ring (bicyclic) bond motifs is 1. The number of likely N-dealkylation sites (tertiary alicyclic amines) is 1. The summed E-state index contributed by atoms with van der Waals surface area (Å²) in [5.74, 6) is 1.44. The van der Waals surface area contributed by atoms with E-state index in [1.807, 2.05) is 43.3 Å². The number of amides is 1. The first-order valence-electron chi connectivity index (χ1n) is 10.7. The number of benzene rings is 2. The summed E-state index contributed by atoms with van der Waals surface area (Å²) in [5.41, 5.74) is 3.91. The van der Waals surface area contributed by atoms with Gasteiger partial charge in [-0.3, -0.25) is 4.79 Å². The zero-order valence-corrected chi connectivity index (χ0v) is 18.5. The SMILES string of the molecule is Cc1cc(Cl)ccc1-c1ccc(C(=O)Nc2ccc(N3CC[C@H]4CN(C)C[C@H]43)cc2)o1. The van der Waals surface area contributed by atoms with Crippen LogP contribution in [0.25, 0.3) is 11.3 Å². The summed E-state index contributed by atoms with van der Waals surface area (Å²) in [6.45, 7) is 5.39. The van der Waals surface area contributed by atoms with Gasteiger partial charge in [0.05, 0.1) is 0 Å². The standard InChI is InChI=1S/C25H26ClN3O2/c1-16-13-18(26)3-8-21(16)23-9-10-24(31-23)25(30)27-19-4-6-20(7-5-19)29-12-11-17-14-28(2)15-22(17)29/h3-10,13,17,22H,11-12,14-15H2,1-2H3,(H,27,30)/t17-,22+/m0/s1. The smallest absolute Gasteiger partial charge is 0.291 e. The van der Waals surface area contributed by atoms with Gasteiger partial charge in [0.1, 0.15) is 5.76 Å². The molecule has 5 nitrogen and oxygen atoms in total. The molecule has 2 atom stereocenters. The molecule has 1 amide bonds. The highest BCUT2D eigenvalue weighted by Crippen LogP contribution is 2.35. The number of carbonyl (C=O) groups excluding carboxylic acids is 1. The Bertz CT molecular complexity index is 1110. The molecule has 6 heteroatoms. The maximum Gasteiger partial charge on any atom is 0.291 e. The van der Waals surface area contributed by atoms with E-state index in [0.717, 1.165) is 35.8 Å². The van der Waals surface area contributed by atoms with Gasteiger partial charge in [-0.2, -0.15) is 0 Å². The van der Waals surface area contributed by atoms with E-state index in [0.29, 0.717) is 16.8 Å². The highest BCUT2D eigenvalue weighted by Gasteiger charge is 2.39. The van der Waals surface area contributed by atoms with Crippen molar-refractivity contribution in [1.29, 1.82) is 0 Å². The third kappa shape index (κ3) is 3.95. The van der Waals surface area contributed by atoms with Crippen LogP contribution in [0, 0.1) is 12.8 Å². The predicted molar refractivity (Wildman–Crippen MR) is 125 cm³/mol. The number of anilines is 2. The van der Waals surface area contributed by atoms with E-state index in [4.69, 9.17) is 16.0 Å². The van der Waals surface area contributed by atoms with Gasteiger partial charge in [-0.15, -0.1) is 0 Å². The van der Waals surface area contributed by atoms with Crippen LogP contribution in [0.4, 0.5) is 11.4 Å². The van der Waals surface area contributed by atoms with Gasteiger partial charge in [-0.05, 0) is 86.5 Å². The predicted octanol–water partition coefficient (Wildman–Crippen LogP) is 5.30. The molecular weight excluding hydrogens is 410 g/mol. The van der Waals surface area contributed by atoms with Crippen LogP contribution in [-0.4, -0.2) is 43.5 Å². The van der Waals surface area contributed by atoms with Crippen LogP contribution in [-0.2, 0) is 0 Å². The summed E-state index contributed by atoms with van der Waals surface area (Å²) in [6.07, 6.45) is 1.25. The zero-order chi connectivity index (χ0) is 21.5. The van der Waals surface area contributed by atoms with Crippen LogP contribution >= 0.6 is 11.6 Å². The van der Waals surface area contributed by atoms with Gasteiger partial charge in [-0.25, -0.2) is 0 Å². The first-order valence-corrected chi connectivity index (χ1v) is 11.1. The second kappa shape index (κ2) is 8.06. The number of rotatable bonds is 4. The fourth-order valence-electron chi connectivity index (χ4n) is 4.93. The molecule has 0 unspecified atom stereocenters. The van der Waals surface area contributed by atoms with E-state index in [9.17, 15) is 4.79 Å². The normalized spacial score (nSPS) is 20.8. The molecule has 5 rings (SSSR count). The Morgan fingerprint density at radius 1 is 1.10 bits per heavy atom. The Kier molecular flexibility index (Phi) is 5.24. The molecule has 3 heterocycles. The summed E-state index contributed by atoms with van der Waals surface area (Å²) in [7, 11) is 2.20. The molecule has 2 aliphatic rings. The van der Waals surface area contributed by atoms with Crippen LogP contribution in [0.3, 0.4) is 0 Å². The lowest BCUT2D eigenvalue weighted by Gasteiger charge is -2.26. The number of carbonyl (C=O) groups is 1. The number of hydrogen-bond donors (Lipinski definition) is 1. The molecule has 2 aliphatic heterocycles. The molecule has 0 aliphatic carbocycles. The monoisotopic (exact) mass is 435 g/mol. The molecule has 0 bridgehead atoms. The van der Waals surface area contributed by atoms with E-state index in [-0.39, 0.29) is 11.7 Å². The van der Waals surface area contributed by atoms with E-state index in [1.54, 1.807) is 6.07 Å². The fraction of sp³-hybridized carbons (Fsp3) is 0.320. The minimum Gasteiger partial charge on any atom is -0.451 e. The van der Waals surface area contributed by atoms with Crippen molar-refractivity contribution < 1.29 is 9.21 Å². The lowest BCUT2D eigenvalue weighted by atomic mass is 10.0. The van der Waals surface area contributed by atoms with Crippen molar-refractivity contribution in [2.75, 3.05) is 36.9 Å². The first-order chi connectivity index (χ1) is 15.0. The van der Waals surface area contributed by atoms with E-state index in [1.165, 1.54) is 18.7 Å². The second-order valence-corrected chi connectivity index (χ2v) is 9.09. The molecular formula is C25H26ClN3O2. The topological polar surface area (TPSA) is 48.7 Å². The minimum atomic E-state index is -0.260. The number of hydrogen-bond acceptors (Lipinski definition) is 4. The fourth-order valence-corrected chi connectivity index (χ4v) is 5.16. The van der Waals surface area contributed by atoms with Gasteiger partial charge < -0.3 is 19.5 Å². The van der Waals surface area contributed by atoms with Crippen LogP contribution in [0.1, 0.15) is 22.5 Å². The van der Waals surface area contributed by atoms with E-state index >= 15 is 0 Å². The Balaban J connectivity index is 1.26. The lowest BCUT2D eigenvalue weighted by molar-refractivity contribution is 0.0997.